The van der Waals surface area contributed by atoms with Crippen LogP contribution in [0, 0.1) is 5.82 Å². The van der Waals surface area contributed by atoms with Crippen molar-refractivity contribution in [2.45, 2.75) is 11.4 Å². The average Bonchev–Trinajstić information content (AvgIpc) is 2.84. The van der Waals surface area contributed by atoms with Crippen LogP contribution in [0.3, 0.4) is 0 Å². The molecule has 0 aliphatic carbocycles. The summed E-state index contributed by atoms with van der Waals surface area (Å²) in [7, 11) is -3.83. The van der Waals surface area contributed by atoms with Crippen molar-refractivity contribution in [2.24, 2.45) is 0 Å². The fourth-order valence-corrected chi connectivity index (χ4v) is 3.70. The monoisotopic (exact) mass is 320 g/mol. The maximum atomic E-state index is 13.1. The first-order valence-electron chi connectivity index (χ1n) is 5.17. The molecule has 0 saturated heterocycles. The molecule has 1 aromatic carbocycles. The maximum absolute atomic E-state index is 13.1. The van der Waals surface area contributed by atoms with Gasteiger partial charge in [-0.1, -0.05) is 17.7 Å². The summed E-state index contributed by atoms with van der Waals surface area (Å²) in [6, 6.07) is 5.51. The fraction of sp³-hybridized carbons (Fsp3) is 0.0909. The number of nitrogen functional groups attached to an aromatic ring is 1. The van der Waals surface area contributed by atoms with E-state index in [1.165, 1.54) is 11.3 Å². The number of nitrogens with one attached hydrogen (secondary N) is 1. The topological polar surface area (TPSA) is 72.2 Å². The number of sulfonamides is 1. The van der Waals surface area contributed by atoms with Gasteiger partial charge in [-0.2, -0.15) is 0 Å². The van der Waals surface area contributed by atoms with Gasteiger partial charge in [-0.15, -0.1) is 11.3 Å². The molecule has 1 heterocycles. The molecule has 0 aliphatic heterocycles. The molecule has 0 radical (unpaired) electrons. The Kier molecular flexibility index (Phi) is 4.10. The second-order valence-electron chi connectivity index (χ2n) is 3.71. The van der Waals surface area contributed by atoms with E-state index >= 15 is 0 Å². The van der Waals surface area contributed by atoms with E-state index in [9.17, 15) is 12.8 Å². The number of benzene rings is 1. The smallest absolute Gasteiger partial charge is 0.242 e. The molecule has 19 heavy (non-hydrogen) atoms. The third-order valence-corrected chi connectivity index (χ3v) is 5.10. The molecule has 2 rings (SSSR count). The van der Waals surface area contributed by atoms with Crippen LogP contribution in [0.25, 0.3) is 0 Å². The van der Waals surface area contributed by atoms with Gasteiger partial charge >= 0.3 is 0 Å². The Hall–Kier alpha value is -1.15. The maximum Gasteiger partial charge on any atom is 0.242 e. The average molecular weight is 321 g/mol. The van der Waals surface area contributed by atoms with Gasteiger partial charge in [0.05, 0.1) is 10.7 Å². The summed E-state index contributed by atoms with van der Waals surface area (Å²) < 4.78 is 39.6. The predicted octanol–water partition coefficient (Wildman–Crippen LogP) is 2.60. The molecule has 4 nitrogen and oxygen atoms in total. The van der Waals surface area contributed by atoms with Crippen LogP contribution in [-0.2, 0) is 16.6 Å². The molecule has 0 aliphatic rings. The van der Waals surface area contributed by atoms with Crippen LogP contribution in [0.15, 0.2) is 34.5 Å². The standard InChI is InChI=1S/C11H10ClFN2O2S2/c12-8-4-9(13)10(14)5-11(8)19(16,17)15-6-7-2-1-3-18-7/h1-5,15H,6,14H2. The Labute approximate surface area is 119 Å². The normalized spacial score (nSPS) is 11.7. The van der Waals surface area contributed by atoms with E-state index < -0.39 is 15.8 Å². The van der Waals surface area contributed by atoms with E-state index in [1.807, 2.05) is 11.4 Å². The zero-order valence-electron chi connectivity index (χ0n) is 9.56. The molecule has 0 saturated carbocycles. The first-order valence-corrected chi connectivity index (χ1v) is 7.91. The number of hydrogen-bond donors (Lipinski definition) is 2. The van der Waals surface area contributed by atoms with E-state index in [-0.39, 0.29) is 22.2 Å². The third kappa shape index (κ3) is 3.24. The van der Waals surface area contributed by atoms with E-state index in [4.69, 9.17) is 17.3 Å². The lowest BCUT2D eigenvalue weighted by Gasteiger charge is -2.09. The number of nitrogens with two attached hydrogens (primary N) is 1. The van der Waals surface area contributed by atoms with Crippen LogP contribution in [0.1, 0.15) is 4.88 Å². The molecule has 8 heteroatoms. The van der Waals surface area contributed by atoms with E-state index in [0.717, 1.165) is 17.0 Å². The van der Waals surface area contributed by atoms with Crippen molar-refractivity contribution < 1.29 is 12.8 Å². The number of anilines is 1. The highest BCUT2D eigenvalue weighted by Crippen LogP contribution is 2.26. The summed E-state index contributed by atoms with van der Waals surface area (Å²) in [5, 5.41) is 1.64. The number of halogens is 2. The largest absolute Gasteiger partial charge is 0.396 e. The first kappa shape index (κ1) is 14.3. The lowest BCUT2D eigenvalue weighted by atomic mass is 10.3. The molecule has 0 unspecified atom stereocenters. The Bertz CT molecular complexity index is 687. The van der Waals surface area contributed by atoms with Gasteiger partial charge in [-0.25, -0.2) is 17.5 Å². The third-order valence-electron chi connectivity index (χ3n) is 2.36. The lowest BCUT2D eigenvalue weighted by Crippen LogP contribution is -2.23. The van der Waals surface area contributed by atoms with Crippen LogP contribution >= 0.6 is 22.9 Å². The zero-order valence-corrected chi connectivity index (χ0v) is 11.9. The van der Waals surface area contributed by atoms with Gasteiger partial charge in [-0.3, -0.25) is 0 Å². The summed E-state index contributed by atoms with van der Waals surface area (Å²) in [5.41, 5.74) is 5.09. The van der Waals surface area contributed by atoms with Crippen molar-refractivity contribution in [2.75, 3.05) is 5.73 Å². The van der Waals surface area contributed by atoms with Gasteiger partial charge in [0, 0.05) is 11.4 Å². The molecule has 0 amide bonds. The van der Waals surface area contributed by atoms with Crippen molar-refractivity contribution in [1.82, 2.24) is 4.72 Å². The van der Waals surface area contributed by atoms with Crippen LogP contribution in [0.5, 0.6) is 0 Å². The van der Waals surface area contributed by atoms with Crippen molar-refractivity contribution in [3.05, 3.63) is 45.4 Å². The molecule has 0 spiro atoms. The minimum atomic E-state index is -3.83. The van der Waals surface area contributed by atoms with Gasteiger partial charge in [-0.05, 0) is 23.6 Å². The summed E-state index contributed by atoms with van der Waals surface area (Å²) in [6.07, 6.45) is 0. The second-order valence-corrected chi connectivity index (χ2v) is 6.88. The number of rotatable bonds is 4. The van der Waals surface area contributed by atoms with Crippen molar-refractivity contribution in [3.8, 4) is 0 Å². The first-order chi connectivity index (χ1) is 8.90. The molecule has 2 aromatic rings. The summed E-state index contributed by atoms with van der Waals surface area (Å²) in [6.45, 7) is 0.146. The molecular weight excluding hydrogens is 311 g/mol. The van der Waals surface area contributed by atoms with Crippen LogP contribution in [-0.4, -0.2) is 8.42 Å². The van der Waals surface area contributed by atoms with Crippen LogP contribution in [0.4, 0.5) is 10.1 Å². The van der Waals surface area contributed by atoms with Crippen LogP contribution < -0.4 is 10.5 Å². The van der Waals surface area contributed by atoms with Gasteiger partial charge < -0.3 is 5.73 Å². The second kappa shape index (κ2) is 5.46. The summed E-state index contributed by atoms with van der Waals surface area (Å²) in [4.78, 5) is 0.624. The van der Waals surface area contributed by atoms with Crippen molar-refractivity contribution >= 4 is 38.6 Å². The molecular formula is C11H10ClFN2O2S2. The van der Waals surface area contributed by atoms with E-state index in [0.29, 0.717) is 0 Å². The number of thiophene rings is 1. The predicted molar refractivity (Wildman–Crippen MR) is 74.2 cm³/mol. The Morgan fingerprint density at radius 3 is 2.79 bits per heavy atom. The quantitative estimate of drug-likeness (QED) is 0.851. The molecule has 102 valence electrons. The van der Waals surface area contributed by atoms with E-state index in [1.54, 1.807) is 6.07 Å². The molecule has 0 bridgehead atoms. The molecule has 0 fully saturated rings. The van der Waals surface area contributed by atoms with Crippen molar-refractivity contribution in [1.29, 1.82) is 0 Å². The highest BCUT2D eigenvalue weighted by molar-refractivity contribution is 7.89. The lowest BCUT2D eigenvalue weighted by molar-refractivity contribution is 0.581. The van der Waals surface area contributed by atoms with Gasteiger partial charge in [0.2, 0.25) is 10.0 Å². The minimum absolute atomic E-state index is 0.146. The van der Waals surface area contributed by atoms with Gasteiger partial charge in [0.25, 0.3) is 0 Å². The Morgan fingerprint density at radius 2 is 2.16 bits per heavy atom. The molecule has 0 atom stereocenters. The summed E-state index contributed by atoms with van der Waals surface area (Å²) >= 11 is 7.16. The van der Waals surface area contributed by atoms with E-state index in [2.05, 4.69) is 4.72 Å². The molecule has 1 aromatic heterocycles. The van der Waals surface area contributed by atoms with Crippen molar-refractivity contribution in [3.63, 3.8) is 0 Å². The minimum Gasteiger partial charge on any atom is -0.396 e. The number of hydrogen-bond acceptors (Lipinski definition) is 4. The SMILES string of the molecule is Nc1cc(S(=O)(=O)NCc2cccs2)c(Cl)cc1F. The zero-order chi connectivity index (χ0) is 14.0. The van der Waals surface area contributed by atoms with Gasteiger partial charge in [0.15, 0.2) is 0 Å². The highest BCUT2D eigenvalue weighted by Gasteiger charge is 2.19. The van der Waals surface area contributed by atoms with Crippen LogP contribution in [0.2, 0.25) is 5.02 Å². The Balaban J connectivity index is 2.27. The highest BCUT2D eigenvalue weighted by atomic mass is 35.5. The Morgan fingerprint density at radius 1 is 1.42 bits per heavy atom. The fourth-order valence-electron chi connectivity index (χ4n) is 1.41. The molecule has 3 N–H and O–H groups in total. The summed E-state index contributed by atoms with van der Waals surface area (Å²) in [5.74, 6) is -0.748. The van der Waals surface area contributed by atoms with Gasteiger partial charge in [0.1, 0.15) is 10.7 Å².